The highest BCUT2D eigenvalue weighted by molar-refractivity contribution is 7.16. The number of aromatic nitrogens is 1. The van der Waals surface area contributed by atoms with E-state index < -0.39 is 27.1 Å². The minimum Gasteiger partial charge on any atom is -0.322 e. The Morgan fingerprint density at radius 3 is 2.33 bits per heavy atom. The fourth-order valence-electron chi connectivity index (χ4n) is 2.07. The summed E-state index contributed by atoms with van der Waals surface area (Å²) in [4.78, 5) is 36.6. The zero-order valence-electron chi connectivity index (χ0n) is 11.8. The van der Waals surface area contributed by atoms with Crippen molar-refractivity contribution in [2.24, 2.45) is 0 Å². The second-order valence-corrected chi connectivity index (χ2v) is 5.63. The maximum atomic E-state index is 12.3. The summed E-state index contributed by atoms with van der Waals surface area (Å²) < 4.78 is 0.859. The van der Waals surface area contributed by atoms with E-state index in [1.165, 1.54) is 11.3 Å². The van der Waals surface area contributed by atoms with Gasteiger partial charge in [0.05, 0.1) is 37.2 Å². The second-order valence-electron chi connectivity index (χ2n) is 4.74. The molecule has 3 rings (SSSR count). The van der Waals surface area contributed by atoms with Crippen LogP contribution in [0.5, 0.6) is 0 Å². The van der Waals surface area contributed by atoms with Crippen molar-refractivity contribution in [3.05, 3.63) is 67.7 Å². The van der Waals surface area contributed by atoms with Crippen LogP contribution in [0.25, 0.3) is 10.2 Å². The van der Waals surface area contributed by atoms with Crippen LogP contribution in [-0.4, -0.2) is 20.7 Å². The molecule has 0 atom stereocenters. The molecule has 1 aromatic heterocycles. The molecule has 0 aliphatic heterocycles. The molecule has 0 unspecified atom stereocenters. The molecule has 10 heteroatoms. The lowest BCUT2D eigenvalue weighted by atomic mass is 10.1. The van der Waals surface area contributed by atoms with E-state index in [-0.39, 0.29) is 5.56 Å². The average molecular weight is 344 g/mol. The number of benzene rings is 2. The molecule has 120 valence electrons. The average Bonchev–Trinajstić information content (AvgIpc) is 3.01. The third kappa shape index (κ3) is 3.03. The zero-order valence-corrected chi connectivity index (χ0v) is 12.6. The Bertz CT molecular complexity index is 952. The molecular weight excluding hydrogens is 336 g/mol. The van der Waals surface area contributed by atoms with Gasteiger partial charge in [-0.05, 0) is 18.2 Å². The number of amides is 1. The molecular formula is C14H8N4O5S. The van der Waals surface area contributed by atoms with Gasteiger partial charge in [0.2, 0.25) is 0 Å². The summed E-state index contributed by atoms with van der Waals surface area (Å²) in [6.07, 6.45) is 0. The highest BCUT2D eigenvalue weighted by Crippen LogP contribution is 2.25. The van der Waals surface area contributed by atoms with Gasteiger partial charge in [0, 0.05) is 17.8 Å². The molecule has 0 spiro atoms. The van der Waals surface area contributed by atoms with Crippen molar-refractivity contribution in [2.75, 3.05) is 5.32 Å². The zero-order chi connectivity index (χ0) is 17.3. The molecule has 3 aromatic rings. The lowest BCUT2D eigenvalue weighted by Gasteiger charge is -2.05. The van der Waals surface area contributed by atoms with Crippen LogP contribution in [0, 0.1) is 20.2 Å². The second kappa shape index (κ2) is 6.01. The molecule has 9 nitrogen and oxygen atoms in total. The molecule has 1 N–H and O–H groups in total. The standard InChI is InChI=1S/C14H8N4O5S/c19-14(16-9-1-2-12-13(5-9)24-7-15-12)8-3-10(17(20)21)6-11(4-8)18(22)23/h1-7H,(H,16,19). The molecule has 0 aliphatic carbocycles. The topological polar surface area (TPSA) is 128 Å². The highest BCUT2D eigenvalue weighted by atomic mass is 32.1. The van der Waals surface area contributed by atoms with E-state index in [0.29, 0.717) is 5.69 Å². The normalized spacial score (nSPS) is 10.5. The van der Waals surface area contributed by atoms with Gasteiger partial charge in [-0.1, -0.05) is 0 Å². The van der Waals surface area contributed by atoms with Gasteiger partial charge in [-0.2, -0.15) is 0 Å². The van der Waals surface area contributed by atoms with Gasteiger partial charge in [0.25, 0.3) is 17.3 Å². The number of carbonyl (C=O) groups excluding carboxylic acids is 1. The molecule has 1 amide bonds. The van der Waals surface area contributed by atoms with E-state index in [0.717, 1.165) is 28.4 Å². The molecule has 0 radical (unpaired) electrons. The number of hydrogen-bond donors (Lipinski definition) is 1. The largest absolute Gasteiger partial charge is 0.322 e. The summed E-state index contributed by atoms with van der Waals surface area (Å²) in [5.74, 6) is -0.675. The number of rotatable bonds is 4. The number of thiazole rings is 1. The van der Waals surface area contributed by atoms with Gasteiger partial charge in [-0.3, -0.25) is 25.0 Å². The highest BCUT2D eigenvalue weighted by Gasteiger charge is 2.20. The number of anilines is 1. The first kappa shape index (κ1) is 15.5. The number of nitro benzene ring substituents is 2. The van der Waals surface area contributed by atoms with Crippen LogP contribution in [0.3, 0.4) is 0 Å². The van der Waals surface area contributed by atoms with E-state index in [2.05, 4.69) is 10.3 Å². The summed E-state index contributed by atoms with van der Waals surface area (Å²) in [5, 5.41) is 24.3. The van der Waals surface area contributed by atoms with Crippen LogP contribution in [0.4, 0.5) is 17.1 Å². The first-order valence-electron chi connectivity index (χ1n) is 6.52. The van der Waals surface area contributed by atoms with Crippen molar-refractivity contribution in [2.45, 2.75) is 0 Å². The number of nitrogens with zero attached hydrogens (tertiary/aromatic N) is 3. The molecule has 1 heterocycles. The fraction of sp³-hybridized carbons (Fsp3) is 0. The van der Waals surface area contributed by atoms with Gasteiger partial charge in [-0.15, -0.1) is 11.3 Å². The summed E-state index contributed by atoms with van der Waals surface area (Å²) >= 11 is 1.40. The first-order chi connectivity index (χ1) is 11.4. The number of hydrogen-bond acceptors (Lipinski definition) is 7. The van der Waals surface area contributed by atoms with Gasteiger partial charge < -0.3 is 5.32 Å². The molecule has 0 fully saturated rings. The van der Waals surface area contributed by atoms with Crippen molar-refractivity contribution in [1.82, 2.24) is 4.98 Å². The minimum absolute atomic E-state index is 0.166. The smallest absolute Gasteiger partial charge is 0.277 e. The summed E-state index contributed by atoms with van der Waals surface area (Å²) in [6.45, 7) is 0. The van der Waals surface area contributed by atoms with Gasteiger partial charge >= 0.3 is 0 Å². The quantitative estimate of drug-likeness (QED) is 0.571. The van der Waals surface area contributed by atoms with Crippen molar-refractivity contribution < 1.29 is 14.6 Å². The first-order valence-corrected chi connectivity index (χ1v) is 7.40. The predicted molar refractivity (Wildman–Crippen MR) is 87.3 cm³/mol. The van der Waals surface area contributed by atoms with Crippen LogP contribution < -0.4 is 5.32 Å². The molecule has 0 saturated heterocycles. The van der Waals surface area contributed by atoms with E-state index in [1.807, 2.05) is 0 Å². The maximum absolute atomic E-state index is 12.3. The lowest BCUT2D eigenvalue weighted by molar-refractivity contribution is -0.394. The Kier molecular flexibility index (Phi) is 3.88. The summed E-state index contributed by atoms with van der Waals surface area (Å²) in [5.41, 5.74) is 1.70. The van der Waals surface area contributed by atoms with Crippen molar-refractivity contribution in [1.29, 1.82) is 0 Å². The summed E-state index contributed by atoms with van der Waals surface area (Å²) in [7, 11) is 0. The van der Waals surface area contributed by atoms with E-state index in [1.54, 1.807) is 23.7 Å². The Morgan fingerprint density at radius 1 is 1.04 bits per heavy atom. The number of carbonyl (C=O) groups is 1. The monoisotopic (exact) mass is 344 g/mol. The van der Waals surface area contributed by atoms with E-state index in [4.69, 9.17) is 0 Å². The molecule has 0 bridgehead atoms. The number of nitro groups is 2. The van der Waals surface area contributed by atoms with Gasteiger partial charge in [0.1, 0.15) is 0 Å². The van der Waals surface area contributed by atoms with Gasteiger partial charge in [-0.25, -0.2) is 4.98 Å². The van der Waals surface area contributed by atoms with Crippen LogP contribution >= 0.6 is 11.3 Å². The number of fused-ring (bicyclic) bond motifs is 1. The van der Waals surface area contributed by atoms with E-state index >= 15 is 0 Å². The lowest BCUT2D eigenvalue weighted by Crippen LogP contribution is -2.12. The van der Waals surface area contributed by atoms with Crippen molar-refractivity contribution in [3.8, 4) is 0 Å². The minimum atomic E-state index is -0.785. The van der Waals surface area contributed by atoms with Crippen LogP contribution in [0.15, 0.2) is 41.9 Å². The molecule has 0 saturated carbocycles. The van der Waals surface area contributed by atoms with Crippen molar-refractivity contribution in [3.63, 3.8) is 0 Å². The van der Waals surface area contributed by atoms with E-state index in [9.17, 15) is 25.0 Å². The number of non-ortho nitro benzene ring substituents is 2. The molecule has 0 aliphatic rings. The third-order valence-corrected chi connectivity index (χ3v) is 3.97. The number of nitrogens with one attached hydrogen (secondary N) is 1. The fourth-order valence-corrected chi connectivity index (χ4v) is 2.79. The maximum Gasteiger partial charge on any atom is 0.277 e. The van der Waals surface area contributed by atoms with Gasteiger partial charge in [0.15, 0.2) is 0 Å². The Balaban J connectivity index is 1.93. The molecule has 2 aromatic carbocycles. The summed E-state index contributed by atoms with van der Waals surface area (Å²) in [6, 6.07) is 7.85. The molecule has 24 heavy (non-hydrogen) atoms. The predicted octanol–water partition coefficient (Wildman–Crippen LogP) is 3.37. The third-order valence-electron chi connectivity index (χ3n) is 3.18. The SMILES string of the molecule is O=C(Nc1ccc2ncsc2c1)c1cc([N+](=O)[O-])cc([N+](=O)[O-])c1. The Morgan fingerprint density at radius 2 is 1.71 bits per heavy atom. The Labute approximate surface area is 137 Å². The van der Waals surface area contributed by atoms with Crippen molar-refractivity contribution >= 4 is 44.5 Å². The van der Waals surface area contributed by atoms with Crippen LogP contribution in [-0.2, 0) is 0 Å². The Hall–Kier alpha value is -3.40. The van der Waals surface area contributed by atoms with Crippen LogP contribution in [0.2, 0.25) is 0 Å². The van der Waals surface area contributed by atoms with Crippen LogP contribution in [0.1, 0.15) is 10.4 Å².